The zero-order valence-electron chi connectivity index (χ0n) is 9.63. The molecule has 0 heterocycles. The Kier molecular flexibility index (Phi) is 3.30. The normalized spacial score (nSPS) is 26.3. The molecule has 0 aliphatic heterocycles. The largest absolute Gasteiger partial charge is 0.294 e. The summed E-state index contributed by atoms with van der Waals surface area (Å²) in [6.07, 6.45) is 7.75. The highest BCUT2D eigenvalue weighted by Gasteiger charge is 2.29. The van der Waals surface area contributed by atoms with E-state index in [0.717, 1.165) is 12.8 Å². The minimum absolute atomic E-state index is 0.106. The van der Waals surface area contributed by atoms with E-state index < -0.39 is 0 Å². The summed E-state index contributed by atoms with van der Waals surface area (Å²) in [6, 6.07) is 0. The molecule has 0 spiro atoms. The summed E-state index contributed by atoms with van der Waals surface area (Å²) in [6.45, 7) is 8.48. The number of rotatable bonds is 2. The lowest BCUT2D eigenvalue weighted by atomic mass is 9.72. The second-order valence-corrected chi connectivity index (χ2v) is 5.07. The first kappa shape index (κ1) is 11.2. The standard InChI is InChI=1S/C13H20O/c1-5-6-12(14)11-7-10(2)8-13(3,4)9-11/h5-7,11H,8-9H2,1-4H3/b6-5+/t11-/m0/s1. The van der Waals surface area contributed by atoms with Gasteiger partial charge in [0.25, 0.3) is 0 Å². The van der Waals surface area contributed by atoms with Gasteiger partial charge in [0.2, 0.25) is 0 Å². The van der Waals surface area contributed by atoms with Crippen LogP contribution in [0.2, 0.25) is 0 Å². The molecule has 1 rings (SSSR count). The minimum atomic E-state index is 0.106. The van der Waals surface area contributed by atoms with Crippen molar-refractivity contribution in [3.8, 4) is 0 Å². The summed E-state index contributed by atoms with van der Waals surface area (Å²) in [5.74, 6) is 0.356. The number of hydrogen-bond donors (Lipinski definition) is 0. The van der Waals surface area contributed by atoms with Crippen LogP contribution in [0.1, 0.15) is 40.5 Å². The fourth-order valence-corrected chi connectivity index (χ4v) is 2.35. The van der Waals surface area contributed by atoms with Crippen molar-refractivity contribution in [2.45, 2.75) is 40.5 Å². The molecule has 0 saturated carbocycles. The quantitative estimate of drug-likeness (QED) is 0.483. The minimum Gasteiger partial charge on any atom is -0.294 e. The zero-order chi connectivity index (χ0) is 10.8. The molecule has 0 amide bonds. The van der Waals surface area contributed by atoms with Gasteiger partial charge in [-0.05, 0) is 38.2 Å². The van der Waals surface area contributed by atoms with Gasteiger partial charge in [-0.1, -0.05) is 31.6 Å². The first-order valence-electron chi connectivity index (χ1n) is 5.28. The number of allylic oxidation sites excluding steroid dienone is 4. The van der Waals surface area contributed by atoms with Crippen LogP contribution >= 0.6 is 0 Å². The predicted octanol–water partition coefficient (Wildman–Crippen LogP) is 3.51. The van der Waals surface area contributed by atoms with E-state index in [4.69, 9.17) is 0 Å². The summed E-state index contributed by atoms with van der Waals surface area (Å²) in [7, 11) is 0. The SMILES string of the molecule is C/C=C/C(=O)[C@H]1C=C(C)CC(C)(C)C1. The summed E-state index contributed by atoms with van der Waals surface area (Å²) in [5.41, 5.74) is 1.63. The van der Waals surface area contributed by atoms with Crippen molar-refractivity contribution in [3.05, 3.63) is 23.8 Å². The molecule has 1 heteroatoms. The van der Waals surface area contributed by atoms with Crippen LogP contribution in [0.3, 0.4) is 0 Å². The molecule has 0 N–H and O–H groups in total. The summed E-state index contributed by atoms with van der Waals surface area (Å²) in [4.78, 5) is 11.7. The van der Waals surface area contributed by atoms with Crippen molar-refractivity contribution in [1.29, 1.82) is 0 Å². The van der Waals surface area contributed by atoms with Crippen LogP contribution in [-0.2, 0) is 4.79 Å². The smallest absolute Gasteiger partial charge is 0.162 e. The highest BCUT2D eigenvalue weighted by molar-refractivity contribution is 5.93. The first-order chi connectivity index (χ1) is 6.44. The van der Waals surface area contributed by atoms with E-state index in [1.54, 1.807) is 6.08 Å². The van der Waals surface area contributed by atoms with E-state index in [1.165, 1.54) is 5.57 Å². The molecule has 0 unspecified atom stereocenters. The Hall–Kier alpha value is -0.850. The number of ketones is 1. The van der Waals surface area contributed by atoms with E-state index in [9.17, 15) is 4.79 Å². The van der Waals surface area contributed by atoms with Crippen molar-refractivity contribution in [3.63, 3.8) is 0 Å². The lowest BCUT2D eigenvalue weighted by molar-refractivity contribution is -0.117. The van der Waals surface area contributed by atoms with E-state index >= 15 is 0 Å². The molecular formula is C13H20O. The molecule has 0 bridgehead atoms. The Morgan fingerprint density at radius 2 is 2.21 bits per heavy atom. The summed E-state index contributed by atoms with van der Waals surface area (Å²) in [5, 5.41) is 0. The maximum absolute atomic E-state index is 11.7. The maximum Gasteiger partial charge on any atom is 0.162 e. The number of carbonyl (C=O) groups excluding carboxylic acids is 1. The molecule has 1 aliphatic carbocycles. The Labute approximate surface area is 86.9 Å². The van der Waals surface area contributed by atoms with Gasteiger partial charge in [-0.25, -0.2) is 0 Å². The molecular weight excluding hydrogens is 172 g/mol. The average molecular weight is 192 g/mol. The molecule has 78 valence electrons. The van der Waals surface area contributed by atoms with E-state index in [0.29, 0.717) is 0 Å². The van der Waals surface area contributed by atoms with Crippen molar-refractivity contribution in [2.24, 2.45) is 11.3 Å². The van der Waals surface area contributed by atoms with E-state index in [-0.39, 0.29) is 17.1 Å². The van der Waals surface area contributed by atoms with Gasteiger partial charge in [-0.2, -0.15) is 0 Å². The van der Waals surface area contributed by atoms with Crippen LogP contribution in [0.4, 0.5) is 0 Å². The molecule has 0 fully saturated rings. The third-order valence-corrected chi connectivity index (χ3v) is 2.71. The molecule has 0 saturated heterocycles. The van der Waals surface area contributed by atoms with Crippen molar-refractivity contribution < 1.29 is 4.79 Å². The molecule has 0 aromatic carbocycles. The second-order valence-electron chi connectivity index (χ2n) is 5.07. The Bertz CT molecular complexity index is 282. The third-order valence-electron chi connectivity index (χ3n) is 2.71. The van der Waals surface area contributed by atoms with Crippen LogP contribution in [0.15, 0.2) is 23.8 Å². The molecule has 0 aromatic rings. The molecule has 1 aliphatic rings. The van der Waals surface area contributed by atoms with Crippen LogP contribution in [0, 0.1) is 11.3 Å². The predicted molar refractivity (Wildman–Crippen MR) is 60.1 cm³/mol. The Morgan fingerprint density at radius 3 is 2.71 bits per heavy atom. The summed E-state index contributed by atoms with van der Waals surface area (Å²) >= 11 is 0. The van der Waals surface area contributed by atoms with E-state index in [1.807, 2.05) is 13.0 Å². The van der Waals surface area contributed by atoms with Crippen molar-refractivity contribution >= 4 is 5.78 Å². The average Bonchev–Trinajstić information content (AvgIpc) is 2.00. The van der Waals surface area contributed by atoms with Crippen LogP contribution in [-0.4, -0.2) is 5.78 Å². The summed E-state index contributed by atoms with van der Waals surface area (Å²) < 4.78 is 0. The second kappa shape index (κ2) is 4.12. The van der Waals surface area contributed by atoms with Crippen LogP contribution in [0.25, 0.3) is 0 Å². The van der Waals surface area contributed by atoms with Crippen molar-refractivity contribution in [2.75, 3.05) is 0 Å². The Morgan fingerprint density at radius 1 is 1.57 bits per heavy atom. The highest BCUT2D eigenvalue weighted by atomic mass is 16.1. The fraction of sp³-hybridized carbons (Fsp3) is 0.615. The molecule has 14 heavy (non-hydrogen) atoms. The van der Waals surface area contributed by atoms with Gasteiger partial charge in [-0.15, -0.1) is 0 Å². The lowest BCUT2D eigenvalue weighted by Crippen LogP contribution is -2.25. The zero-order valence-corrected chi connectivity index (χ0v) is 9.63. The topological polar surface area (TPSA) is 17.1 Å². The van der Waals surface area contributed by atoms with E-state index in [2.05, 4.69) is 26.8 Å². The molecule has 0 radical (unpaired) electrons. The van der Waals surface area contributed by atoms with Gasteiger partial charge in [0.05, 0.1) is 0 Å². The molecule has 0 aromatic heterocycles. The van der Waals surface area contributed by atoms with Gasteiger partial charge in [0.1, 0.15) is 0 Å². The van der Waals surface area contributed by atoms with Crippen molar-refractivity contribution in [1.82, 2.24) is 0 Å². The van der Waals surface area contributed by atoms with Crippen LogP contribution in [0.5, 0.6) is 0 Å². The number of carbonyl (C=O) groups is 1. The lowest BCUT2D eigenvalue weighted by Gasteiger charge is -2.32. The van der Waals surface area contributed by atoms with Gasteiger partial charge in [-0.3, -0.25) is 4.79 Å². The van der Waals surface area contributed by atoms with Gasteiger partial charge in [0, 0.05) is 5.92 Å². The van der Waals surface area contributed by atoms with Crippen LogP contribution < -0.4 is 0 Å². The highest BCUT2D eigenvalue weighted by Crippen LogP contribution is 2.38. The third kappa shape index (κ3) is 2.83. The number of hydrogen-bond acceptors (Lipinski definition) is 1. The fourth-order valence-electron chi connectivity index (χ4n) is 2.35. The van der Waals surface area contributed by atoms with Gasteiger partial charge >= 0.3 is 0 Å². The molecule has 1 nitrogen and oxygen atoms in total. The Balaban J connectivity index is 2.81. The van der Waals surface area contributed by atoms with Gasteiger partial charge < -0.3 is 0 Å². The molecule has 1 atom stereocenters. The van der Waals surface area contributed by atoms with Gasteiger partial charge in [0.15, 0.2) is 5.78 Å². The monoisotopic (exact) mass is 192 g/mol. The maximum atomic E-state index is 11.7. The first-order valence-corrected chi connectivity index (χ1v) is 5.28.